The van der Waals surface area contributed by atoms with Gasteiger partial charge in [-0.05, 0) is 60.0 Å². The van der Waals surface area contributed by atoms with E-state index in [1.54, 1.807) is 0 Å². The van der Waals surface area contributed by atoms with Crippen molar-refractivity contribution in [2.45, 2.75) is 20.8 Å². The van der Waals surface area contributed by atoms with Gasteiger partial charge in [0.1, 0.15) is 0 Å². The van der Waals surface area contributed by atoms with Crippen LogP contribution >= 0.6 is 38.6 Å². The highest BCUT2D eigenvalue weighted by atomic mass is 79.9. The molecule has 0 bridgehead atoms. The van der Waals surface area contributed by atoms with Gasteiger partial charge in [-0.1, -0.05) is 0 Å². The Kier molecular flexibility index (Phi) is 2.82. The van der Waals surface area contributed by atoms with Crippen molar-refractivity contribution in [1.82, 2.24) is 0 Å². The summed E-state index contributed by atoms with van der Waals surface area (Å²) in [6, 6.07) is 4.45. The lowest BCUT2D eigenvalue weighted by Gasteiger charge is -1.96. The van der Waals surface area contributed by atoms with Gasteiger partial charge in [-0.25, -0.2) is 0 Å². The molecule has 0 N–H and O–H groups in total. The molecule has 2 heterocycles. The lowest BCUT2D eigenvalue weighted by Crippen LogP contribution is -1.72. The van der Waals surface area contributed by atoms with Crippen LogP contribution < -0.4 is 0 Å². The van der Waals surface area contributed by atoms with Gasteiger partial charge in [0.25, 0.3) is 0 Å². The molecule has 2 aromatic rings. The minimum Gasteiger partial charge on any atom is -0.139 e. The van der Waals surface area contributed by atoms with Gasteiger partial charge in [0.05, 0.1) is 3.79 Å². The summed E-state index contributed by atoms with van der Waals surface area (Å²) in [6.07, 6.45) is 0. The van der Waals surface area contributed by atoms with Crippen molar-refractivity contribution in [1.29, 1.82) is 0 Å². The quantitative estimate of drug-likeness (QED) is 0.679. The summed E-state index contributed by atoms with van der Waals surface area (Å²) in [4.78, 5) is 4.23. The van der Waals surface area contributed by atoms with Gasteiger partial charge in [0, 0.05) is 14.6 Å². The van der Waals surface area contributed by atoms with Crippen molar-refractivity contribution in [3.8, 4) is 9.75 Å². The van der Waals surface area contributed by atoms with Gasteiger partial charge in [-0.2, -0.15) is 0 Å². The molecule has 3 heteroatoms. The topological polar surface area (TPSA) is 0 Å². The first-order valence-corrected chi connectivity index (χ1v) is 6.84. The molecule has 2 aromatic heterocycles. The standard InChI is InChI=1S/C11H11BrS2/c1-6-4-8(3)13-10(6)11-7(2)5-9(12)14-11/h4-5H,1-3H3. The summed E-state index contributed by atoms with van der Waals surface area (Å²) in [5.41, 5.74) is 2.76. The van der Waals surface area contributed by atoms with Crippen molar-refractivity contribution >= 4 is 38.6 Å². The molecule has 0 amide bonds. The van der Waals surface area contributed by atoms with E-state index in [1.165, 1.54) is 29.5 Å². The summed E-state index contributed by atoms with van der Waals surface area (Å²) in [6.45, 7) is 6.52. The monoisotopic (exact) mass is 286 g/mol. The first-order chi connectivity index (χ1) is 6.58. The molecule has 0 aliphatic rings. The predicted molar refractivity (Wildman–Crippen MR) is 69.5 cm³/mol. The van der Waals surface area contributed by atoms with Crippen LogP contribution in [0.4, 0.5) is 0 Å². The third-order valence-electron chi connectivity index (χ3n) is 2.13. The highest BCUT2D eigenvalue weighted by Crippen LogP contribution is 2.40. The Morgan fingerprint density at radius 1 is 0.929 bits per heavy atom. The fourth-order valence-corrected chi connectivity index (χ4v) is 4.55. The number of hydrogen-bond donors (Lipinski definition) is 0. The fraction of sp³-hybridized carbons (Fsp3) is 0.273. The van der Waals surface area contributed by atoms with Crippen LogP contribution in [0, 0.1) is 20.8 Å². The third-order valence-corrected chi connectivity index (χ3v) is 5.19. The Balaban J connectivity index is 2.59. The molecular weight excluding hydrogens is 276 g/mol. The number of halogens is 1. The van der Waals surface area contributed by atoms with E-state index in [4.69, 9.17) is 0 Å². The van der Waals surface area contributed by atoms with Crippen LogP contribution in [0.1, 0.15) is 16.0 Å². The van der Waals surface area contributed by atoms with E-state index >= 15 is 0 Å². The van der Waals surface area contributed by atoms with Crippen molar-refractivity contribution in [2.75, 3.05) is 0 Å². The molecule has 0 aliphatic carbocycles. The maximum atomic E-state index is 3.53. The zero-order valence-corrected chi connectivity index (χ0v) is 11.6. The highest BCUT2D eigenvalue weighted by Gasteiger charge is 2.11. The molecule has 0 spiro atoms. The van der Waals surface area contributed by atoms with E-state index in [0.717, 1.165) is 0 Å². The second kappa shape index (κ2) is 3.80. The van der Waals surface area contributed by atoms with Crippen molar-refractivity contribution < 1.29 is 0 Å². The highest BCUT2D eigenvalue weighted by molar-refractivity contribution is 9.11. The van der Waals surface area contributed by atoms with E-state index in [-0.39, 0.29) is 0 Å². The fourth-order valence-electron chi connectivity index (χ4n) is 1.54. The normalized spacial score (nSPS) is 10.9. The Hall–Kier alpha value is -0.120. The number of rotatable bonds is 1. The zero-order chi connectivity index (χ0) is 10.3. The molecule has 0 aliphatic heterocycles. The van der Waals surface area contributed by atoms with Crippen LogP contribution in [-0.4, -0.2) is 0 Å². The van der Waals surface area contributed by atoms with Crippen LogP contribution in [0.25, 0.3) is 9.75 Å². The maximum Gasteiger partial charge on any atom is 0.0708 e. The van der Waals surface area contributed by atoms with E-state index < -0.39 is 0 Å². The molecule has 0 fully saturated rings. The van der Waals surface area contributed by atoms with Crippen LogP contribution in [0.2, 0.25) is 0 Å². The first-order valence-electron chi connectivity index (χ1n) is 4.41. The molecular formula is C11H11BrS2. The molecule has 74 valence electrons. The summed E-state index contributed by atoms with van der Waals surface area (Å²) < 4.78 is 1.22. The van der Waals surface area contributed by atoms with Crippen LogP contribution in [-0.2, 0) is 0 Å². The molecule has 2 rings (SSSR count). The van der Waals surface area contributed by atoms with Crippen molar-refractivity contribution in [2.24, 2.45) is 0 Å². The molecule has 0 aromatic carbocycles. The molecule has 0 saturated heterocycles. The van der Waals surface area contributed by atoms with Crippen molar-refractivity contribution in [3.63, 3.8) is 0 Å². The zero-order valence-electron chi connectivity index (χ0n) is 8.35. The number of aryl methyl sites for hydroxylation is 3. The lowest BCUT2D eigenvalue weighted by molar-refractivity contribution is 1.49. The van der Waals surface area contributed by atoms with Crippen molar-refractivity contribution in [3.05, 3.63) is 31.9 Å². The lowest BCUT2D eigenvalue weighted by atomic mass is 10.2. The Bertz CT molecular complexity index is 421. The molecule has 0 unspecified atom stereocenters. The van der Waals surface area contributed by atoms with E-state index in [0.29, 0.717) is 0 Å². The van der Waals surface area contributed by atoms with E-state index in [2.05, 4.69) is 48.8 Å². The summed E-state index contributed by atoms with van der Waals surface area (Å²) in [5, 5.41) is 0. The summed E-state index contributed by atoms with van der Waals surface area (Å²) in [5.74, 6) is 0. The van der Waals surface area contributed by atoms with Gasteiger partial charge in [0.15, 0.2) is 0 Å². The van der Waals surface area contributed by atoms with Gasteiger partial charge in [-0.3, -0.25) is 0 Å². The molecule has 0 radical (unpaired) electrons. The minimum atomic E-state index is 1.22. The predicted octanol–water partition coefficient (Wildman–Crippen LogP) is 5.16. The second-order valence-corrected chi connectivity index (χ2v) is 7.12. The Labute approximate surface area is 101 Å². The Morgan fingerprint density at radius 2 is 1.50 bits per heavy atom. The van der Waals surface area contributed by atoms with Gasteiger partial charge >= 0.3 is 0 Å². The Morgan fingerprint density at radius 3 is 1.93 bits per heavy atom. The minimum absolute atomic E-state index is 1.22. The molecule has 0 atom stereocenters. The molecule has 0 nitrogen and oxygen atoms in total. The molecule has 14 heavy (non-hydrogen) atoms. The maximum absolute atomic E-state index is 3.53. The van der Waals surface area contributed by atoms with Gasteiger partial charge < -0.3 is 0 Å². The van der Waals surface area contributed by atoms with Crippen LogP contribution in [0.3, 0.4) is 0 Å². The average molecular weight is 287 g/mol. The second-order valence-electron chi connectivity index (χ2n) is 3.43. The van der Waals surface area contributed by atoms with Crippen LogP contribution in [0.5, 0.6) is 0 Å². The van der Waals surface area contributed by atoms with E-state index in [1.807, 2.05) is 22.7 Å². The van der Waals surface area contributed by atoms with E-state index in [9.17, 15) is 0 Å². The largest absolute Gasteiger partial charge is 0.139 e. The molecule has 0 saturated carbocycles. The first kappa shape index (κ1) is 10.4. The summed E-state index contributed by atoms with van der Waals surface area (Å²) >= 11 is 7.24. The van der Waals surface area contributed by atoms with Gasteiger partial charge in [0.2, 0.25) is 0 Å². The number of hydrogen-bond acceptors (Lipinski definition) is 2. The third kappa shape index (κ3) is 1.81. The summed E-state index contributed by atoms with van der Waals surface area (Å²) in [7, 11) is 0. The number of thiophene rings is 2. The average Bonchev–Trinajstić information content (AvgIpc) is 2.55. The van der Waals surface area contributed by atoms with Crippen LogP contribution in [0.15, 0.2) is 15.9 Å². The smallest absolute Gasteiger partial charge is 0.0708 e. The van der Waals surface area contributed by atoms with Gasteiger partial charge in [-0.15, -0.1) is 22.7 Å². The SMILES string of the molecule is Cc1cc(C)c(-c2sc(Br)cc2C)s1.